The van der Waals surface area contributed by atoms with E-state index >= 15 is 0 Å². The topological polar surface area (TPSA) is 105 Å². The van der Waals surface area contributed by atoms with Crippen molar-refractivity contribution >= 4 is 23.4 Å². The molecule has 2 aromatic carbocycles. The number of rotatable bonds is 5. The predicted octanol–water partition coefficient (Wildman–Crippen LogP) is 2.25. The number of benzene rings is 2. The second-order valence-electron chi connectivity index (χ2n) is 8.64. The van der Waals surface area contributed by atoms with E-state index in [2.05, 4.69) is 10.6 Å². The summed E-state index contributed by atoms with van der Waals surface area (Å²) in [4.78, 5) is 38.0. The summed E-state index contributed by atoms with van der Waals surface area (Å²) in [5.41, 5.74) is 7.27. The van der Waals surface area contributed by atoms with Crippen LogP contribution in [0.4, 0.5) is 14.5 Å². The number of para-hydroxylation sites is 1. The minimum Gasteiger partial charge on any atom is -0.381 e. The number of nitrogens with one attached hydrogen (secondary N) is 2. The summed E-state index contributed by atoms with van der Waals surface area (Å²) in [6.07, 6.45) is 0.121. The van der Waals surface area contributed by atoms with Crippen LogP contribution in [0, 0.1) is 0 Å². The molecule has 166 valence electrons. The minimum absolute atomic E-state index is 0.201. The van der Waals surface area contributed by atoms with Crippen LogP contribution in [0.2, 0.25) is 0 Å². The Morgan fingerprint density at radius 2 is 1.91 bits per heavy atom. The number of carbonyl (C=O) groups excluding carboxylic acids is 3. The Balaban J connectivity index is 1.32. The second-order valence-corrected chi connectivity index (χ2v) is 8.64. The van der Waals surface area contributed by atoms with Crippen LogP contribution in [-0.4, -0.2) is 34.6 Å². The van der Waals surface area contributed by atoms with Crippen molar-refractivity contribution in [3.05, 3.63) is 64.7 Å². The van der Waals surface area contributed by atoms with E-state index in [0.29, 0.717) is 36.3 Å². The van der Waals surface area contributed by atoms with Crippen LogP contribution in [0.5, 0.6) is 0 Å². The van der Waals surface area contributed by atoms with Gasteiger partial charge >= 0.3 is 0 Å². The standard InChI is InChI=1S/C23H22F2N4O3/c24-23(25)12-22(23,26)16-3-1-2-4-17(16)27-10-13-5-6-14-11-29(21(32)15(14)9-13)18-7-8-19(30)28-20(18)31/h1-6,9,18,27H,7-8,10-12,26H2,(H,28,30,31). The van der Waals surface area contributed by atoms with Gasteiger partial charge in [-0.3, -0.25) is 19.7 Å². The SMILES string of the molecule is NC1(c2ccccc2NCc2ccc3c(c2)C(=O)N(C2CCC(=O)NC2=O)C3)CC1(F)F. The molecule has 32 heavy (non-hydrogen) atoms. The Kier molecular flexibility index (Phi) is 4.56. The Hall–Kier alpha value is -3.33. The first kappa shape index (κ1) is 20.6. The predicted molar refractivity (Wildman–Crippen MR) is 112 cm³/mol. The number of hydrogen-bond acceptors (Lipinski definition) is 5. The number of halogens is 2. The minimum atomic E-state index is -2.93. The smallest absolute Gasteiger partial charge is 0.272 e. The van der Waals surface area contributed by atoms with Crippen molar-refractivity contribution in [3.8, 4) is 0 Å². The zero-order valence-corrected chi connectivity index (χ0v) is 17.2. The lowest BCUT2D eigenvalue weighted by molar-refractivity contribution is -0.136. The van der Waals surface area contributed by atoms with Gasteiger partial charge in [-0.05, 0) is 29.7 Å². The monoisotopic (exact) mass is 440 g/mol. The molecule has 1 aliphatic carbocycles. The summed E-state index contributed by atoms with van der Waals surface area (Å²) in [6.45, 7) is 0.624. The molecule has 3 amide bonds. The quantitative estimate of drug-likeness (QED) is 0.619. The average Bonchev–Trinajstić information content (AvgIpc) is 3.12. The molecule has 0 spiro atoms. The first-order chi connectivity index (χ1) is 15.2. The molecule has 2 fully saturated rings. The Morgan fingerprint density at radius 1 is 1.16 bits per heavy atom. The highest BCUT2D eigenvalue weighted by molar-refractivity contribution is 6.05. The molecule has 2 aromatic rings. The van der Waals surface area contributed by atoms with Crippen molar-refractivity contribution in [2.75, 3.05) is 5.32 Å². The number of carbonyl (C=O) groups is 3. The van der Waals surface area contributed by atoms with Gasteiger partial charge < -0.3 is 16.0 Å². The van der Waals surface area contributed by atoms with Gasteiger partial charge in [-0.25, -0.2) is 8.78 Å². The van der Waals surface area contributed by atoms with Gasteiger partial charge in [0.2, 0.25) is 11.8 Å². The molecule has 5 rings (SSSR count). The molecule has 0 radical (unpaired) electrons. The number of hydrogen-bond donors (Lipinski definition) is 3. The maximum absolute atomic E-state index is 13.8. The number of anilines is 1. The third-order valence-electron chi connectivity index (χ3n) is 6.51. The van der Waals surface area contributed by atoms with Gasteiger partial charge in [-0.1, -0.05) is 30.3 Å². The zero-order chi connectivity index (χ0) is 22.7. The lowest BCUT2D eigenvalue weighted by Gasteiger charge is -2.29. The van der Waals surface area contributed by atoms with Crippen LogP contribution in [0.25, 0.3) is 0 Å². The second kappa shape index (κ2) is 7.09. The maximum atomic E-state index is 13.8. The fourth-order valence-electron chi connectivity index (χ4n) is 4.53. The number of imide groups is 1. The normalized spacial score (nSPS) is 26.0. The number of piperidine rings is 1. The van der Waals surface area contributed by atoms with Gasteiger partial charge in [0.05, 0.1) is 0 Å². The number of nitrogens with zero attached hydrogens (tertiary/aromatic N) is 1. The summed E-state index contributed by atoms with van der Waals surface area (Å²) in [5, 5.41) is 5.45. The lowest BCUT2D eigenvalue weighted by atomic mass is 10.0. The van der Waals surface area contributed by atoms with Crippen molar-refractivity contribution in [2.45, 2.75) is 49.9 Å². The van der Waals surface area contributed by atoms with Crippen molar-refractivity contribution in [1.82, 2.24) is 10.2 Å². The van der Waals surface area contributed by atoms with Gasteiger partial charge in [0, 0.05) is 42.7 Å². The van der Waals surface area contributed by atoms with Crippen LogP contribution >= 0.6 is 0 Å². The van der Waals surface area contributed by atoms with Gasteiger partial charge in [0.1, 0.15) is 11.6 Å². The van der Waals surface area contributed by atoms with Gasteiger partial charge in [-0.15, -0.1) is 0 Å². The van der Waals surface area contributed by atoms with E-state index in [4.69, 9.17) is 5.73 Å². The summed E-state index contributed by atoms with van der Waals surface area (Å²) in [7, 11) is 0. The third kappa shape index (κ3) is 3.24. The van der Waals surface area contributed by atoms with Crippen LogP contribution in [0.15, 0.2) is 42.5 Å². The molecule has 1 saturated carbocycles. The van der Waals surface area contributed by atoms with Crippen LogP contribution in [0.3, 0.4) is 0 Å². The fraction of sp³-hybridized carbons (Fsp3) is 0.348. The van der Waals surface area contributed by atoms with E-state index in [0.717, 1.165) is 11.1 Å². The molecule has 2 heterocycles. The van der Waals surface area contributed by atoms with E-state index in [9.17, 15) is 23.2 Å². The molecule has 9 heteroatoms. The molecule has 1 saturated heterocycles. The van der Waals surface area contributed by atoms with Crippen molar-refractivity contribution in [2.24, 2.45) is 5.73 Å². The summed E-state index contributed by atoms with van der Waals surface area (Å²) < 4.78 is 27.6. The van der Waals surface area contributed by atoms with Gasteiger partial charge in [0.15, 0.2) is 0 Å². The number of amides is 3. The van der Waals surface area contributed by atoms with E-state index in [1.54, 1.807) is 30.3 Å². The number of alkyl halides is 2. The Bertz CT molecular complexity index is 1150. The van der Waals surface area contributed by atoms with Crippen LogP contribution in [-0.2, 0) is 28.2 Å². The zero-order valence-electron chi connectivity index (χ0n) is 17.2. The van der Waals surface area contributed by atoms with E-state index in [1.165, 1.54) is 4.90 Å². The first-order valence-corrected chi connectivity index (χ1v) is 10.5. The van der Waals surface area contributed by atoms with Gasteiger partial charge in [0.25, 0.3) is 11.8 Å². The number of fused-ring (bicyclic) bond motifs is 1. The van der Waals surface area contributed by atoms with Gasteiger partial charge in [-0.2, -0.15) is 0 Å². The maximum Gasteiger partial charge on any atom is 0.272 e. The third-order valence-corrected chi connectivity index (χ3v) is 6.51. The van der Waals surface area contributed by atoms with Crippen molar-refractivity contribution in [3.63, 3.8) is 0 Å². The molecule has 7 nitrogen and oxygen atoms in total. The van der Waals surface area contributed by atoms with Crippen molar-refractivity contribution in [1.29, 1.82) is 0 Å². The lowest BCUT2D eigenvalue weighted by Crippen LogP contribution is -2.52. The summed E-state index contributed by atoms with van der Waals surface area (Å²) in [5.74, 6) is -3.96. The molecule has 3 aliphatic rings. The fourth-order valence-corrected chi connectivity index (χ4v) is 4.53. The highest BCUT2D eigenvalue weighted by Crippen LogP contribution is 2.58. The largest absolute Gasteiger partial charge is 0.381 e. The molecular weight excluding hydrogens is 418 g/mol. The molecule has 0 bridgehead atoms. The highest BCUT2D eigenvalue weighted by atomic mass is 19.3. The first-order valence-electron chi connectivity index (χ1n) is 10.5. The Morgan fingerprint density at radius 3 is 2.62 bits per heavy atom. The molecule has 2 aliphatic heterocycles. The molecule has 4 N–H and O–H groups in total. The summed E-state index contributed by atoms with van der Waals surface area (Å²) >= 11 is 0. The van der Waals surface area contributed by atoms with E-state index < -0.39 is 23.4 Å². The molecule has 2 unspecified atom stereocenters. The molecular formula is C23H22F2N4O3. The molecule has 2 atom stereocenters. The number of nitrogens with two attached hydrogens (primary N) is 1. The average molecular weight is 440 g/mol. The van der Waals surface area contributed by atoms with Crippen LogP contribution in [0.1, 0.15) is 46.3 Å². The highest BCUT2D eigenvalue weighted by Gasteiger charge is 2.70. The Labute approximate surface area is 183 Å². The van der Waals surface area contributed by atoms with E-state index in [1.807, 2.05) is 12.1 Å². The molecule has 0 aromatic heterocycles. The summed E-state index contributed by atoms with van der Waals surface area (Å²) in [6, 6.07) is 11.5. The van der Waals surface area contributed by atoms with Crippen LogP contribution < -0.4 is 16.4 Å². The van der Waals surface area contributed by atoms with E-state index in [-0.39, 0.29) is 24.7 Å². The van der Waals surface area contributed by atoms with Crippen molar-refractivity contribution < 1.29 is 23.2 Å².